The summed E-state index contributed by atoms with van der Waals surface area (Å²) in [5.74, 6) is 0.0911. The monoisotopic (exact) mass is 285 g/mol. The van der Waals surface area contributed by atoms with Gasteiger partial charge in [0, 0.05) is 25.0 Å². The maximum Gasteiger partial charge on any atom is 0.270 e. The quantitative estimate of drug-likeness (QED) is 0.732. The first kappa shape index (κ1) is 11.8. The Bertz CT molecular complexity index is 753. The maximum absolute atomic E-state index is 12.7. The zero-order valence-corrected chi connectivity index (χ0v) is 12.0. The van der Waals surface area contributed by atoms with Crippen molar-refractivity contribution in [3.05, 3.63) is 47.2 Å². The molecule has 3 aromatic heterocycles. The van der Waals surface area contributed by atoms with Crippen molar-refractivity contribution in [1.29, 1.82) is 0 Å². The Balaban J connectivity index is 1.67. The van der Waals surface area contributed by atoms with Crippen LogP contribution in [0.25, 0.3) is 10.2 Å². The van der Waals surface area contributed by atoms with Gasteiger partial charge in [-0.15, -0.1) is 11.3 Å². The number of hydrogen-bond donors (Lipinski definition) is 1. The first-order valence-electron chi connectivity index (χ1n) is 6.76. The molecule has 5 heteroatoms. The summed E-state index contributed by atoms with van der Waals surface area (Å²) >= 11 is 1.66. The van der Waals surface area contributed by atoms with Crippen molar-refractivity contribution >= 4 is 27.5 Å². The van der Waals surface area contributed by atoms with Crippen molar-refractivity contribution in [1.82, 2.24) is 14.5 Å². The predicted molar refractivity (Wildman–Crippen MR) is 80.1 cm³/mol. The van der Waals surface area contributed by atoms with E-state index in [4.69, 9.17) is 0 Å². The SMILES string of the molecule is CC1c2cccn2CCN1C(=O)c1cc2sccc2[nH]1. The second-order valence-corrected chi connectivity index (χ2v) is 6.13. The van der Waals surface area contributed by atoms with E-state index < -0.39 is 0 Å². The Morgan fingerprint density at radius 1 is 1.40 bits per heavy atom. The van der Waals surface area contributed by atoms with Gasteiger partial charge in [-0.25, -0.2) is 0 Å². The Hall–Kier alpha value is -2.01. The first-order chi connectivity index (χ1) is 9.74. The lowest BCUT2D eigenvalue weighted by Gasteiger charge is -2.34. The lowest BCUT2D eigenvalue weighted by molar-refractivity contribution is 0.0639. The molecule has 20 heavy (non-hydrogen) atoms. The fourth-order valence-corrected chi connectivity index (χ4v) is 3.76. The molecule has 0 fully saturated rings. The highest BCUT2D eigenvalue weighted by molar-refractivity contribution is 7.17. The Labute approximate surface area is 120 Å². The fraction of sp³-hybridized carbons (Fsp3) is 0.267. The molecule has 0 saturated carbocycles. The second-order valence-electron chi connectivity index (χ2n) is 5.18. The van der Waals surface area contributed by atoms with Gasteiger partial charge < -0.3 is 14.5 Å². The van der Waals surface area contributed by atoms with Crippen LogP contribution in [0.15, 0.2) is 35.8 Å². The van der Waals surface area contributed by atoms with Crippen LogP contribution >= 0.6 is 11.3 Å². The highest BCUT2D eigenvalue weighted by Gasteiger charge is 2.28. The summed E-state index contributed by atoms with van der Waals surface area (Å²) < 4.78 is 3.36. The van der Waals surface area contributed by atoms with Crippen molar-refractivity contribution in [3.8, 4) is 0 Å². The van der Waals surface area contributed by atoms with Crippen LogP contribution in [0.2, 0.25) is 0 Å². The van der Waals surface area contributed by atoms with Crippen molar-refractivity contribution < 1.29 is 4.79 Å². The fourth-order valence-electron chi connectivity index (χ4n) is 2.97. The summed E-state index contributed by atoms with van der Waals surface area (Å²) in [6.45, 7) is 3.72. The maximum atomic E-state index is 12.7. The lowest BCUT2D eigenvalue weighted by atomic mass is 10.1. The van der Waals surface area contributed by atoms with Crippen LogP contribution in [0.4, 0.5) is 0 Å². The number of aromatic nitrogens is 2. The van der Waals surface area contributed by atoms with E-state index in [0.717, 1.165) is 23.3 Å². The highest BCUT2D eigenvalue weighted by atomic mass is 32.1. The molecule has 4 rings (SSSR count). The number of carbonyl (C=O) groups excluding carboxylic acids is 1. The number of thiophene rings is 1. The minimum atomic E-state index is 0.0911. The summed E-state index contributed by atoms with van der Waals surface area (Å²) in [4.78, 5) is 17.9. The molecule has 0 saturated heterocycles. The zero-order valence-electron chi connectivity index (χ0n) is 11.2. The lowest BCUT2D eigenvalue weighted by Crippen LogP contribution is -2.40. The molecule has 0 bridgehead atoms. The molecule has 1 atom stereocenters. The van der Waals surface area contributed by atoms with Crippen LogP contribution in [0.3, 0.4) is 0 Å². The van der Waals surface area contributed by atoms with Crippen LogP contribution in [0, 0.1) is 0 Å². The minimum absolute atomic E-state index is 0.0911. The largest absolute Gasteiger partial charge is 0.350 e. The number of carbonyl (C=O) groups is 1. The van der Waals surface area contributed by atoms with Gasteiger partial charge in [0.2, 0.25) is 0 Å². The van der Waals surface area contributed by atoms with Crippen LogP contribution in [0.1, 0.15) is 29.1 Å². The van der Waals surface area contributed by atoms with E-state index in [1.807, 2.05) is 28.5 Å². The molecule has 4 heterocycles. The van der Waals surface area contributed by atoms with Crippen molar-refractivity contribution in [2.24, 2.45) is 0 Å². The first-order valence-corrected chi connectivity index (χ1v) is 7.64. The standard InChI is InChI=1S/C15H15N3OS/c1-10-13-3-2-5-17(13)6-7-18(10)15(19)12-9-14-11(16-12)4-8-20-14/h2-5,8-10,16H,6-7H2,1H3. The Morgan fingerprint density at radius 2 is 2.30 bits per heavy atom. The molecule has 0 spiro atoms. The van der Waals surface area contributed by atoms with Gasteiger partial charge in [0.05, 0.1) is 16.3 Å². The topological polar surface area (TPSA) is 41.0 Å². The van der Waals surface area contributed by atoms with E-state index >= 15 is 0 Å². The van der Waals surface area contributed by atoms with E-state index in [9.17, 15) is 4.79 Å². The van der Waals surface area contributed by atoms with Crippen molar-refractivity contribution in [2.75, 3.05) is 6.54 Å². The van der Waals surface area contributed by atoms with Gasteiger partial charge in [-0.05, 0) is 36.6 Å². The highest BCUT2D eigenvalue weighted by Crippen LogP contribution is 2.28. The number of H-pyrrole nitrogens is 1. The van der Waals surface area contributed by atoms with E-state index in [2.05, 4.69) is 28.7 Å². The average Bonchev–Trinajstić information content (AvgIpc) is 3.13. The number of aromatic amines is 1. The Morgan fingerprint density at radius 3 is 3.15 bits per heavy atom. The molecule has 0 aromatic carbocycles. The van der Waals surface area contributed by atoms with Crippen LogP contribution in [-0.4, -0.2) is 26.9 Å². The van der Waals surface area contributed by atoms with E-state index in [0.29, 0.717) is 5.69 Å². The van der Waals surface area contributed by atoms with Gasteiger partial charge in [0.1, 0.15) is 5.69 Å². The number of nitrogens with one attached hydrogen (secondary N) is 1. The summed E-state index contributed by atoms with van der Waals surface area (Å²) in [5.41, 5.74) is 2.95. The van der Waals surface area contributed by atoms with E-state index in [-0.39, 0.29) is 11.9 Å². The van der Waals surface area contributed by atoms with Gasteiger partial charge in [-0.2, -0.15) is 0 Å². The van der Waals surface area contributed by atoms with E-state index in [1.54, 1.807) is 11.3 Å². The molecule has 1 aliphatic heterocycles. The van der Waals surface area contributed by atoms with Crippen LogP contribution in [0.5, 0.6) is 0 Å². The third kappa shape index (κ3) is 1.63. The van der Waals surface area contributed by atoms with Gasteiger partial charge in [0.25, 0.3) is 5.91 Å². The second kappa shape index (κ2) is 4.24. The number of amides is 1. The Kier molecular flexibility index (Phi) is 2.50. The van der Waals surface area contributed by atoms with Gasteiger partial charge >= 0.3 is 0 Å². The molecule has 1 unspecified atom stereocenters. The molecular formula is C15H15N3OS. The molecule has 3 aromatic rings. The number of rotatable bonds is 1. The van der Waals surface area contributed by atoms with Crippen LogP contribution in [-0.2, 0) is 6.54 Å². The predicted octanol–water partition coefficient (Wildman–Crippen LogP) is 3.25. The third-order valence-electron chi connectivity index (χ3n) is 4.07. The van der Waals surface area contributed by atoms with Crippen LogP contribution < -0.4 is 0 Å². The molecule has 0 radical (unpaired) electrons. The number of hydrogen-bond acceptors (Lipinski definition) is 2. The summed E-state index contributed by atoms with van der Waals surface area (Å²) in [7, 11) is 0. The minimum Gasteiger partial charge on any atom is -0.350 e. The van der Waals surface area contributed by atoms with Crippen molar-refractivity contribution in [3.63, 3.8) is 0 Å². The summed E-state index contributed by atoms with van der Waals surface area (Å²) in [5, 5.41) is 2.03. The average molecular weight is 285 g/mol. The van der Waals surface area contributed by atoms with Crippen molar-refractivity contribution in [2.45, 2.75) is 19.5 Å². The summed E-state index contributed by atoms with van der Waals surface area (Å²) in [6.07, 6.45) is 2.08. The molecule has 1 N–H and O–H groups in total. The molecule has 102 valence electrons. The van der Waals surface area contributed by atoms with Gasteiger partial charge in [-0.3, -0.25) is 4.79 Å². The molecule has 4 nitrogen and oxygen atoms in total. The molecule has 1 amide bonds. The number of nitrogens with zero attached hydrogens (tertiary/aromatic N) is 2. The molecule has 1 aliphatic rings. The van der Waals surface area contributed by atoms with E-state index in [1.165, 1.54) is 5.69 Å². The third-order valence-corrected chi connectivity index (χ3v) is 4.94. The molecule has 0 aliphatic carbocycles. The normalized spacial score (nSPS) is 18.4. The zero-order chi connectivity index (χ0) is 13.7. The summed E-state index contributed by atoms with van der Waals surface area (Å²) in [6, 6.07) is 8.24. The number of fused-ring (bicyclic) bond motifs is 2. The van der Waals surface area contributed by atoms with Gasteiger partial charge in [-0.1, -0.05) is 0 Å². The smallest absolute Gasteiger partial charge is 0.270 e. The molecular weight excluding hydrogens is 270 g/mol. The van der Waals surface area contributed by atoms with Gasteiger partial charge in [0.15, 0.2) is 0 Å².